The molecule has 20 heavy (non-hydrogen) atoms. The zero-order valence-corrected chi connectivity index (χ0v) is 12.7. The van der Waals surface area contributed by atoms with Crippen molar-refractivity contribution in [2.24, 2.45) is 0 Å². The first-order chi connectivity index (χ1) is 9.49. The molecule has 0 aliphatic heterocycles. The molecule has 1 rings (SSSR count). The number of carbonyl (C=O) groups excluding carboxylic acids is 2. The molecule has 1 aromatic rings. The highest BCUT2D eigenvalue weighted by Gasteiger charge is 2.12. The number of hydrogen-bond acceptors (Lipinski definition) is 4. The third-order valence-electron chi connectivity index (χ3n) is 3.32. The summed E-state index contributed by atoms with van der Waals surface area (Å²) in [5.41, 5.74) is 1.00. The Labute approximate surface area is 120 Å². The smallest absolute Gasteiger partial charge is 0.163 e. The lowest BCUT2D eigenvalue weighted by Gasteiger charge is -2.18. The quantitative estimate of drug-likeness (QED) is 0.685. The van der Waals surface area contributed by atoms with Crippen molar-refractivity contribution in [3.05, 3.63) is 29.3 Å². The van der Waals surface area contributed by atoms with E-state index in [1.165, 1.54) is 13.8 Å². The Hall–Kier alpha value is -1.68. The monoisotopic (exact) mass is 277 g/mol. The van der Waals surface area contributed by atoms with E-state index in [1.54, 1.807) is 18.2 Å². The lowest BCUT2D eigenvalue weighted by molar-refractivity contribution is 0.101. The fourth-order valence-corrected chi connectivity index (χ4v) is 1.97. The number of carbonyl (C=O) groups is 2. The van der Waals surface area contributed by atoms with Gasteiger partial charge < -0.3 is 9.64 Å². The van der Waals surface area contributed by atoms with E-state index in [4.69, 9.17) is 4.74 Å². The van der Waals surface area contributed by atoms with Crippen LogP contribution in [0.1, 0.15) is 48.4 Å². The van der Waals surface area contributed by atoms with Gasteiger partial charge in [-0.2, -0.15) is 0 Å². The summed E-state index contributed by atoms with van der Waals surface area (Å²) in [5, 5.41) is 0. The molecule has 0 aromatic heterocycles. The van der Waals surface area contributed by atoms with Crippen molar-refractivity contribution in [1.82, 2.24) is 4.90 Å². The maximum Gasteiger partial charge on any atom is 0.163 e. The van der Waals surface area contributed by atoms with Crippen LogP contribution in [0.2, 0.25) is 0 Å². The molecule has 0 N–H and O–H groups in total. The molecule has 0 saturated carbocycles. The molecule has 0 aliphatic rings. The van der Waals surface area contributed by atoms with Crippen LogP contribution in [0.15, 0.2) is 18.2 Å². The highest BCUT2D eigenvalue weighted by Crippen LogP contribution is 2.21. The lowest BCUT2D eigenvalue weighted by Crippen LogP contribution is -2.28. The second kappa shape index (κ2) is 7.80. The van der Waals surface area contributed by atoms with Gasteiger partial charge >= 0.3 is 0 Å². The number of hydrogen-bond donors (Lipinski definition) is 0. The van der Waals surface area contributed by atoms with Crippen LogP contribution < -0.4 is 4.74 Å². The standard InChI is InChI=1S/C16H23NO3/c1-5-17(6-2)9-10-20-16-8-7-14(12(3)18)11-15(16)13(4)19/h7-8,11H,5-6,9-10H2,1-4H3. The van der Waals surface area contributed by atoms with Gasteiger partial charge in [-0.15, -0.1) is 0 Å². The molecule has 0 amide bonds. The zero-order chi connectivity index (χ0) is 15.1. The first-order valence-corrected chi connectivity index (χ1v) is 7.00. The van der Waals surface area contributed by atoms with Crippen molar-refractivity contribution < 1.29 is 14.3 Å². The minimum atomic E-state index is -0.0917. The van der Waals surface area contributed by atoms with Gasteiger partial charge in [0.15, 0.2) is 11.6 Å². The molecule has 0 spiro atoms. The summed E-state index contributed by atoms with van der Waals surface area (Å²) in [6.07, 6.45) is 0. The number of nitrogens with zero attached hydrogens (tertiary/aromatic N) is 1. The zero-order valence-electron chi connectivity index (χ0n) is 12.7. The first-order valence-electron chi connectivity index (χ1n) is 7.00. The van der Waals surface area contributed by atoms with Gasteiger partial charge in [0, 0.05) is 12.1 Å². The molecule has 0 aliphatic carbocycles. The van der Waals surface area contributed by atoms with Crippen LogP contribution in [0, 0.1) is 0 Å². The molecule has 0 radical (unpaired) electrons. The molecule has 1 aromatic carbocycles. The molecule has 4 nitrogen and oxygen atoms in total. The summed E-state index contributed by atoms with van der Waals surface area (Å²) in [5.74, 6) is 0.405. The fourth-order valence-electron chi connectivity index (χ4n) is 1.97. The molecular formula is C16H23NO3. The summed E-state index contributed by atoms with van der Waals surface area (Å²) >= 11 is 0. The Bertz CT molecular complexity index is 479. The SMILES string of the molecule is CCN(CC)CCOc1ccc(C(C)=O)cc1C(C)=O. The third kappa shape index (κ3) is 4.46. The normalized spacial score (nSPS) is 10.7. The van der Waals surface area contributed by atoms with E-state index < -0.39 is 0 Å². The number of ketones is 2. The number of Topliss-reactive ketones (excluding diaryl/α,β-unsaturated/α-hetero) is 2. The number of likely N-dealkylation sites (N-methyl/N-ethyl adjacent to an activating group) is 1. The minimum absolute atomic E-state index is 0.0535. The Balaban J connectivity index is 2.79. The second-order valence-electron chi connectivity index (χ2n) is 4.70. The van der Waals surface area contributed by atoms with E-state index in [2.05, 4.69) is 18.7 Å². The van der Waals surface area contributed by atoms with Crippen molar-refractivity contribution in [3.8, 4) is 5.75 Å². The third-order valence-corrected chi connectivity index (χ3v) is 3.32. The summed E-state index contributed by atoms with van der Waals surface area (Å²) in [7, 11) is 0. The van der Waals surface area contributed by atoms with Gasteiger partial charge in [0.05, 0.1) is 5.56 Å². The summed E-state index contributed by atoms with van der Waals surface area (Å²) in [6, 6.07) is 5.01. The van der Waals surface area contributed by atoms with E-state index in [9.17, 15) is 9.59 Å². The summed E-state index contributed by atoms with van der Waals surface area (Å²) < 4.78 is 5.69. The van der Waals surface area contributed by atoms with Crippen LogP contribution in [0.25, 0.3) is 0 Å². The van der Waals surface area contributed by atoms with Gasteiger partial charge in [-0.05, 0) is 45.1 Å². The van der Waals surface area contributed by atoms with E-state index in [0.29, 0.717) is 23.5 Å². The topological polar surface area (TPSA) is 46.6 Å². The van der Waals surface area contributed by atoms with Gasteiger partial charge in [-0.1, -0.05) is 13.8 Å². The van der Waals surface area contributed by atoms with Gasteiger partial charge in [0.25, 0.3) is 0 Å². The summed E-state index contributed by atoms with van der Waals surface area (Å²) in [4.78, 5) is 25.2. The largest absolute Gasteiger partial charge is 0.491 e. The molecule has 110 valence electrons. The molecule has 0 atom stereocenters. The van der Waals surface area contributed by atoms with Gasteiger partial charge in [0.1, 0.15) is 12.4 Å². The van der Waals surface area contributed by atoms with E-state index in [1.807, 2.05) is 0 Å². The molecule has 0 saturated heterocycles. The first kappa shape index (κ1) is 16.4. The van der Waals surface area contributed by atoms with Crippen molar-refractivity contribution in [1.29, 1.82) is 0 Å². The van der Waals surface area contributed by atoms with Gasteiger partial charge in [-0.3, -0.25) is 9.59 Å². The van der Waals surface area contributed by atoms with Crippen molar-refractivity contribution in [3.63, 3.8) is 0 Å². The van der Waals surface area contributed by atoms with Crippen molar-refractivity contribution >= 4 is 11.6 Å². The molecule has 0 heterocycles. The maximum absolute atomic E-state index is 11.6. The van der Waals surface area contributed by atoms with Gasteiger partial charge in [0.2, 0.25) is 0 Å². The van der Waals surface area contributed by atoms with Crippen molar-refractivity contribution in [2.45, 2.75) is 27.7 Å². The Morgan fingerprint density at radius 1 is 1.10 bits per heavy atom. The van der Waals surface area contributed by atoms with Crippen LogP contribution in [0.4, 0.5) is 0 Å². The maximum atomic E-state index is 11.6. The van der Waals surface area contributed by atoms with Crippen LogP contribution in [0.5, 0.6) is 5.75 Å². The number of rotatable bonds is 8. The lowest BCUT2D eigenvalue weighted by atomic mass is 10.0. The Morgan fingerprint density at radius 2 is 1.75 bits per heavy atom. The van der Waals surface area contributed by atoms with Crippen LogP contribution in [-0.4, -0.2) is 42.7 Å². The average molecular weight is 277 g/mol. The van der Waals surface area contributed by atoms with Crippen LogP contribution in [0.3, 0.4) is 0 Å². The molecule has 0 fully saturated rings. The van der Waals surface area contributed by atoms with E-state index in [0.717, 1.165) is 19.6 Å². The van der Waals surface area contributed by atoms with Gasteiger partial charge in [-0.25, -0.2) is 0 Å². The highest BCUT2D eigenvalue weighted by molar-refractivity contribution is 6.01. The summed E-state index contributed by atoms with van der Waals surface area (Å²) in [6.45, 7) is 10.5. The van der Waals surface area contributed by atoms with Crippen LogP contribution in [-0.2, 0) is 0 Å². The number of ether oxygens (including phenoxy) is 1. The molecule has 4 heteroatoms. The van der Waals surface area contributed by atoms with E-state index in [-0.39, 0.29) is 11.6 Å². The highest BCUT2D eigenvalue weighted by atomic mass is 16.5. The predicted octanol–water partition coefficient (Wildman–Crippen LogP) is 2.81. The van der Waals surface area contributed by atoms with Crippen molar-refractivity contribution in [2.75, 3.05) is 26.2 Å². The molecular weight excluding hydrogens is 254 g/mol. The second-order valence-corrected chi connectivity index (χ2v) is 4.70. The fraction of sp³-hybridized carbons (Fsp3) is 0.500. The predicted molar refractivity (Wildman–Crippen MR) is 79.7 cm³/mol. The number of benzene rings is 1. The molecule has 0 bridgehead atoms. The minimum Gasteiger partial charge on any atom is -0.491 e. The Kier molecular flexibility index (Phi) is 6.39. The Morgan fingerprint density at radius 3 is 2.25 bits per heavy atom. The van der Waals surface area contributed by atoms with Crippen LogP contribution >= 0.6 is 0 Å². The van der Waals surface area contributed by atoms with E-state index >= 15 is 0 Å². The average Bonchev–Trinajstić information content (AvgIpc) is 2.43. The molecule has 0 unspecified atom stereocenters.